The van der Waals surface area contributed by atoms with Crippen LogP contribution in [0.5, 0.6) is 5.75 Å². The average Bonchev–Trinajstić information content (AvgIpc) is 2.87. The van der Waals surface area contributed by atoms with Crippen molar-refractivity contribution in [3.63, 3.8) is 0 Å². The lowest BCUT2D eigenvalue weighted by Crippen LogP contribution is -2.53. The molecule has 0 spiro atoms. The fourth-order valence-corrected chi connectivity index (χ4v) is 4.31. The van der Waals surface area contributed by atoms with E-state index in [-0.39, 0.29) is 24.5 Å². The van der Waals surface area contributed by atoms with E-state index in [2.05, 4.69) is 21.2 Å². The second-order valence-electron chi connectivity index (χ2n) is 9.21. The number of ether oxygens (including phenoxy) is 1. The third-order valence-electron chi connectivity index (χ3n) is 6.35. The number of benzene rings is 3. The smallest absolute Gasteiger partial charge is 0.261 e. The van der Waals surface area contributed by atoms with Gasteiger partial charge in [0.1, 0.15) is 11.8 Å². The standard InChI is InChI=1S/C30H35BrN2O3/c1-5-23(4)32-30(35)28(18-24-10-7-6-8-11-24)33(19-25-12-9-13-26(31)17-25)29(34)20-36-27-15-14-21(2)22(3)16-27/h6-17,23,28H,5,18-20H2,1-4H3,(H,32,35)/t23-,28-/m0/s1. The highest BCUT2D eigenvalue weighted by Gasteiger charge is 2.31. The van der Waals surface area contributed by atoms with Gasteiger partial charge in [-0.15, -0.1) is 0 Å². The molecule has 190 valence electrons. The largest absolute Gasteiger partial charge is 0.484 e. The van der Waals surface area contributed by atoms with Crippen molar-refractivity contribution in [2.24, 2.45) is 0 Å². The van der Waals surface area contributed by atoms with E-state index >= 15 is 0 Å². The number of carbonyl (C=O) groups is 2. The molecular formula is C30H35BrN2O3. The van der Waals surface area contributed by atoms with Crippen LogP contribution < -0.4 is 10.1 Å². The summed E-state index contributed by atoms with van der Waals surface area (Å²) in [6, 6.07) is 22.7. The van der Waals surface area contributed by atoms with Crippen molar-refractivity contribution in [1.82, 2.24) is 10.2 Å². The first-order chi connectivity index (χ1) is 17.3. The van der Waals surface area contributed by atoms with E-state index in [1.165, 1.54) is 0 Å². The maximum atomic E-state index is 13.7. The molecule has 1 N–H and O–H groups in total. The molecule has 0 aliphatic heterocycles. The zero-order valence-corrected chi connectivity index (χ0v) is 23.0. The number of amides is 2. The Balaban J connectivity index is 1.91. The molecular weight excluding hydrogens is 516 g/mol. The zero-order chi connectivity index (χ0) is 26.1. The molecule has 0 fully saturated rings. The quantitative estimate of drug-likeness (QED) is 0.318. The monoisotopic (exact) mass is 550 g/mol. The summed E-state index contributed by atoms with van der Waals surface area (Å²) in [4.78, 5) is 28.8. The minimum absolute atomic E-state index is 0.00498. The molecule has 36 heavy (non-hydrogen) atoms. The van der Waals surface area contributed by atoms with E-state index < -0.39 is 6.04 Å². The Morgan fingerprint density at radius 2 is 1.67 bits per heavy atom. The van der Waals surface area contributed by atoms with Crippen molar-refractivity contribution in [2.45, 2.75) is 59.2 Å². The Kier molecular flexibility index (Phi) is 10.1. The summed E-state index contributed by atoms with van der Waals surface area (Å²) >= 11 is 3.52. The van der Waals surface area contributed by atoms with Gasteiger partial charge in [-0.1, -0.05) is 71.4 Å². The summed E-state index contributed by atoms with van der Waals surface area (Å²) in [5.41, 5.74) is 4.18. The van der Waals surface area contributed by atoms with Crippen LogP contribution in [0.3, 0.4) is 0 Å². The summed E-state index contributed by atoms with van der Waals surface area (Å²) in [6.45, 7) is 8.19. The number of halogens is 1. The van der Waals surface area contributed by atoms with Gasteiger partial charge >= 0.3 is 0 Å². The first-order valence-electron chi connectivity index (χ1n) is 12.3. The molecule has 6 heteroatoms. The summed E-state index contributed by atoms with van der Waals surface area (Å²) in [7, 11) is 0. The van der Waals surface area contributed by atoms with Crippen LogP contribution in [0.4, 0.5) is 0 Å². The summed E-state index contributed by atoms with van der Waals surface area (Å²) in [5.74, 6) is 0.230. The third-order valence-corrected chi connectivity index (χ3v) is 6.85. The number of hydrogen-bond donors (Lipinski definition) is 1. The number of carbonyl (C=O) groups excluding carboxylic acids is 2. The lowest BCUT2D eigenvalue weighted by atomic mass is 10.0. The summed E-state index contributed by atoms with van der Waals surface area (Å²) < 4.78 is 6.82. The summed E-state index contributed by atoms with van der Waals surface area (Å²) in [5, 5.41) is 3.09. The topological polar surface area (TPSA) is 58.6 Å². The van der Waals surface area contributed by atoms with Crippen molar-refractivity contribution in [3.8, 4) is 5.75 Å². The molecule has 3 aromatic carbocycles. The third kappa shape index (κ3) is 7.95. The fraction of sp³-hybridized carbons (Fsp3) is 0.333. The maximum Gasteiger partial charge on any atom is 0.261 e. The van der Waals surface area contributed by atoms with Crippen molar-refractivity contribution < 1.29 is 14.3 Å². The Morgan fingerprint density at radius 1 is 0.944 bits per heavy atom. The normalized spacial score (nSPS) is 12.5. The van der Waals surface area contributed by atoms with Gasteiger partial charge in [-0.2, -0.15) is 0 Å². The van der Waals surface area contributed by atoms with Crippen LogP contribution in [0.15, 0.2) is 77.3 Å². The minimum Gasteiger partial charge on any atom is -0.484 e. The van der Waals surface area contributed by atoms with Gasteiger partial charge in [0.15, 0.2) is 6.61 Å². The predicted octanol–water partition coefficient (Wildman–Crippen LogP) is 6.00. The number of hydrogen-bond acceptors (Lipinski definition) is 3. The van der Waals surface area contributed by atoms with Gasteiger partial charge in [-0.25, -0.2) is 0 Å². The second kappa shape index (κ2) is 13.3. The Bertz CT molecular complexity index is 1170. The first kappa shape index (κ1) is 27.5. The van der Waals surface area contributed by atoms with Crippen LogP contribution >= 0.6 is 15.9 Å². The molecule has 0 aliphatic rings. The molecule has 0 aromatic heterocycles. The maximum absolute atomic E-state index is 13.7. The van der Waals surface area contributed by atoms with Crippen molar-refractivity contribution in [1.29, 1.82) is 0 Å². The molecule has 0 aliphatic carbocycles. The predicted molar refractivity (Wildman–Crippen MR) is 148 cm³/mol. The van der Waals surface area contributed by atoms with Gasteiger partial charge in [-0.05, 0) is 73.7 Å². The van der Waals surface area contributed by atoms with E-state index in [0.717, 1.165) is 33.1 Å². The minimum atomic E-state index is -0.684. The van der Waals surface area contributed by atoms with Crippen LogP contribution in [0.1, 0.15) is 42.5 Å². The van der Waals surface area contributed by atoms with E-state index in [1.54, 1.807) is 4.90 Å². The fourth-order valence-electron chi connectivity index (χ4n) is 3.86. The van der Waals surface area contributed by atoms with Crippen molar-refractivity contribution in [3.05, 3.63) is 99.5 Å². The molecule has 3 rings (SSSR count). The molecule has 2 atom stereocenters. The molecule has 0 radical (unpaired) electrons. The van der Waals surface area contributed by atoms with Crippen LogP contribution in [-0.2, 0) is 22.6 Å². The molecule has 0 heterocycles. The van der Waals surface area contributed by atoms with Crippen molar-refractivity contribution >= 4 is 27.7 Å². The molecule has 5 nitrogen and oxygen atoms in total. The lowest BCUT2D eigenvalue weighted by molar-refractivity contribution is -0.143. The van der Waals surface area contributed by atoms with Gasteiger partial charge in [0.05, 0.1) is 0 Å². The number of rotatable bonds is 11. The molecule has 2 amide bonds. The number of nitrogens with one attached hydrogen (secondary N) is 1. The Hall–Kier alpha value is -3.12. The highest BCUT2D eigenvalue weighted by molar-refractivity contribution is 9.10. The van der Waals surface area contributed by atoms with Crippen LogP contribution in [-0.4, -0.2) is 35.4 Å². The highest BCUT2D eigenvalue weighted by atomic mass is 79.9. The van der Waals surface area contributed by atoms with Crippen molar-refractivity contribution in [2.75, 3.05) is 6.61 Å². The Labute approximate surface area is 223 Å². The summed E-state index contributed by atoms with van der Waals surface area (Å²) in [6.07, 6.45) is 1.21. The van der Waals surface area contributed by atoms with E-state index in [4.69, 9.17) is 4.74 Å². The average molecular weight is 552 g/mol. The van der Waals surface area contributed by atoms with E-state index in [1.807, 2.05) is 100 Å². The molecule has 3 aromatic rings. The molecule has 0 unspecified atom stereocenters. The van der Waals surface area contributed by atoms with Crippen LogP contribution in [0, 0.1) is 13.8 Å². The van der Waals surface area contributed by atoms with Gasteiger partial charge in [0.25, 0.3) is 5.91 Å². The van der Waals surface area contributed by atoms with E-state index in [9.17, 15) is 9.59 Å². The van der Waals surface area contributed by atoms with Gasteiger partial charge in [0, 0.05) is 23.5 Å². The number of nitrogens with zero attached hydrogens (tertiary/aromatic N) is 1. The Morgan fingerprint density at radius 3 is 2.33 bits per heavy atom. The highest BCUT2D eigenvalue weighted by Crippen LogP contribution is 2.20. The van der Waals surface area contributed by atoms with Gasteiger partial charge in [0.2, 0.25) is 5.91 Å². The van der Waals surface area contributed by atoms with Gasteiger partial charge in [-0.3, -0.25) is 9.59 Å². The second-order valence-corrected chi connectivity index (χ2v) is 10.1. The first-order valence-corrected chi connectivity index (χ1v) is 13.1. The van der Waals surface area contributed by atoms with Crippen LogP contribution in [0.2, 0.25) is 0 Å². The SMILES string of the molecule is CC[C@H](C)NC(=O)[C@H](Cc1ccccc1)N(Cc1cccc(Br)c1)C(=O)COc1ccc(C)c(C)c1. The van der Waals surface area contributed by atoms with E-state index in [0.29, 0.717) is 18.7 Å². The lowest BCUT2D eigenvalue weighted by Gasteiger charge is -2.32. The molecule has 0 bridgehead atoms. The number of aryl methyl sites for hydroxylation is 2. The van der Waals surface area contributed by atoms with Gasteiger partial charge < -0.3 is 15.0 Å². The molecule has 0 saturated heterocycles. The molecule has 0 saturated carbocycles. The zero-order valence-electron chi connectivity index (χ0n) is 21.5. The van der Waals surface area contributed by atoms with Crippen LogP contribution in [0.25, 0.3) is 0 Å².